The van der Waals surface area contributed by atoms with Gasteiger partial charge in [-0.25, -0.2) is 4.79 Å². The number of aromatic nitrogens is 1. The molecule has 2 N–H and O–H groups in total. The van der Waals surface area contributed by atoms with Gasteiger partial charge in [0, 0.05) is 6.20 Å². The van der Waals surface area contributed by atoms with Gasteiger partial charge in [0.1, 0.15) is 11.5 Å². The molecule has 1 aliphatic rings. The van der Waals surface area contributed by atoms with Crippen molar-refractivity contribution in [3.63, 3.8) is 0 Å². The first-order valence-corrected chi connectivity index (χ1v) is 7.34. The zero-order valence-electron chi connectivity index (χ0n) is 12.2. The standard InChI is InChI=1S/C18H18N2O2/c21-18(22-16-7-4-10-19-13-16)17-11-15(12-20-17)9-8-14-5-2-1-3-6-14/h1-7,10-12,19-20H,8-9,13H2. The zero-order valence-corrected chi connectivity index (χ0v) is 12.2. The van der Waals surface area contributed by atoms with Crippen molar-refractivity contribution in [3.8, 4) is 0 Å². The Kier molecular flexibility index (Phi) is 4.39. The van der Waals surface area contributed by atoms with Crippen molar-refractivity contribution in [2.24, 2.45) is 0 Å². The number of ether oxygens (including phenoxy) is 1. The number of hydrogen-bond acceptors (Lipinski definition) is 3. The fraction of sp³-hybridized carbons (Fsp3) is 0.167. The van der Waals surface area contributed by atoms with E-state index in [1.165, 1.54) is 5.56 Å². The lowest BCUT2D eigenvalue weighted by molar-refractivity contribution is 0.0612. The van der Waals surface area contributed by atoms with Crippen LogP contribution in [0.1, 0.15) is 21.6 Å². The summed E-state index contributed by atoms with van der Waals surface area (Å²) < 4.78 is 5.33. The molecule has 0 saturated carbocycles. The largest absolute Gasteiger partial charge is 0.424 e. The molecule has 4 nitrogen and oxygen atoms in total. The van der Waals surface area contributed by atoms with Crippen LogP contribution in [0.5, 0.6) is 0 Å². The number of dihydropyridines is 1. The van der Waals surface area contributed by atoms with Crippen LogP contribution < -0.4 is 5.32 Å². The zero-order chi connectivity index (χ0) is 15.2. The highest BCUT2D eigenvalue weighted by Crippen LogP contribution is 2.12. The van der Waals surface area contributed by atoms with Crippen LogP contribution in [0.3, 0.4) is 0 Å². The van der Waals surface area contributed by atoms with E-state index >= 15 is 0 Å². The molecule has 4 heteroatoms. The lowest BCUT2D eigenvalue weighted by atomic mass is 10.1. The van der Waals surface area contributed by atoms with Crippen LogP contribution in [-0.2, 0) is 17.6 Å². The summed E-state index contributed by atoms with van der Waals surface area (Å²) in [4.78, 5) is 15.0. The first kappa shape index (κ1) is 14.2. The summed E-state index contributed by atoms with van der Waals surface area (Å²) in [6, 6.07) is 12.2. The van der Waals surface area contributed by atoms with Crippen molar-refractivity contribution in [2.45, 2.75) is 12.8 Å². The van der Waals surface area contributed by atoms with Crippen LogP contribution in [0.15, 0.2) is 66.7 Å². The number of benzene rings is 1. The van der Waals surface area contributed by atoms with Gasteiger partial charge >= 0.3 is 5.97 Å². The van der Waals surface area contributed by atoms with Crippen molar-refractivity contribution >= 4 is 5.97 Å². The van der Waals surface area contributed by atoms with Gasteiger partial charge in [0.2, 0.25) is 0 Å². The van der Waals surface area contributed by atoms with Crippen LogP contribution in [-0.4, -0.2) is 17.5 Å². The van der Waals surface area contributed by atoms with Gasteiger partial charge in [-0.15, -0.1) is 0 Å². The van der Waals surface area contributed by atoms with Crippen molar-refractivity contribution in [2.75, 3.05) is 6.54 Å². The van der Waals surface area contributed by atoms with Gasteiger partial charge in [-0.2, -0.15) is 0 Å². The molecule has 0 unspecified atom stereocenters. The summed E-state index contributed by atoms with van der Waals surface area (Å²) in [7, 11) is 0. The van der Waals surface area contributed by atoms with Crippen LogP contribution in [0.2, 0.25) is 0 Å². The van der Waals surface area contributed by atoms with Gasteiger partial charge in [0.05, 0.1) is 6.54 Å². The highest BCUT2D eigenvalue weighted by molar-refractivity contribution is 5.88. The molecule has 0 fully saturated rings. The van der Waals surface area contributed by atoms with Crippen molar-refractivity contribution in [1.29, 1.82) is 0 Å². The summed E-state index contributed by atoms with van der Waals surface area (Å²) in [5, 5.41) is 3.00. The molecule has 0 saturated heterocycles. The van der Waals surface area contributed by atoms with E-state index in [0.29, 0.717) is 18.0 Å². The highest BCUT2D eigenvalue weighted by atomic mass is 16.5. The summed E-state index contributed by atoms with van der Waals surface area (Å²) >= 11 is 0. The van der Waals surface area contributed by atoms with Crippen LogP contribution >= 0.6 is 0 Å². The molecule has 0 bridgehead atoms. The molecule has 2 heterocycles. The number of rotatable bonds is 5. The highest BCUT2D eigenvalue weighted by Gasteiger charge is 2.13. The summed E-state index contributed by atoms with van der Waals surface area (Å²) in [5.74, 6) is 0.266. The second-order valence-corrected chi connectivity index (χ2v) is 5.17. The number of carbonyl (C=O) groups is 1. The molecule has 2 aromatic rings. The van der Waals surface area contributed by atoms with Crippen molar-refractivity contribution in [3.05, 3.63) is 83.5 Å². The quantitative estimate of drug-likeness (QED) is 0.834. The molecule has 1 aromatic heterocycles. The Balaban J connectivity index is 1.57. The summed E-state index contributed by atoms with van der Waals surface area (Å²) in [5.41, 5.74) is 2.88. The third kappa shape index (κ3) is 3.67. The second kappa shape index (κ2) is 6.80. The fourth-order valence-electron chi connectivity index (χ4n) is 2.32. The predicted molar refractivity (Wildman–Crippen MR) is 85.3 cm³/mol. The fourth-order valence-corrected chi connectivity index (χ4v) is 2.32. The molecule has 0 aliphatic carbocycles. The Morgan fingerprint density at radius 3 is 2.73 bits per heavy atom. The molecular weight excluding hydrogens is 276 g/mol. The molecule has 0 radical (unpaired) electrons. The third-order valence-electron chi connectivity index (χ3n) is 3.50. The number of esters is 1. The van der Waals surface area contributed by atoms with Crippen molar-refractivity contribution in [1.82, 2.24) is 10.3 Å². The smallest absolute Gasteiger partial charge is 0.359 e. The molecule has 0 amide bonds. The number of nitrogens with one attached hydrogen (secondary N) is 2. The SMILES string of the molecule is O=C(OC1=CC=CNC1)c1cc(CCc2ccccc2)c[nH]1. The van der Waals surface area contributed by atoms with Gasteiger partial charge in [-0.05, 0) is 48.4 Å². The Morgan fingerprint density at radius 1 is 1.14 bits per heavy atom. The van der Waals surface area contributed by atoms with Gasteiger partial charge in [0.15, 0.2) is 0 Å². The molecule has 1 aromatic carbocycles. The van der Waals surface area contributed by atoms with Crippen LogP contribution in [0.25, 0.3) is 0 Å². The number of H-pyrrole nitrogens is 1. The van der Waals surface area contributed by atoms with E-state index in [1.807, 2.05) is 42.7 Å². The average Bonchev–Trinajstić information content (AvgIpc) is 3.04. The first-order chi connectivity index (χ1) is 10.8. The minimum atomic E-state index is -0.352. The number of aryl methyl sites for hydroxylation is 2. The number of allylic oxidation sites excluding steroid dienone is 2. The molecule has 112 valence electrons. The minimum absolute atomic E-state index is 0.352. The normalized spacial score (nSPS) is 13.4. The van der Waals surface area contributed by atoms with Gasteiger partial charge in [-0.1, -0.05) is 30.3 Å². The van der Waals surface area contributed by atoms with E-state index in [0.717, 1.165) is 18.4 Å². The van der Waals surface area contributed by atoms with Crippen LogP contribution in [0.4, 0.5) is 0 Å². The predicted octanol–water partition coefficient (Wildman–Crippen LogP) is 2.96. The van der Waals surface area contributed by atoms with E-state index in [2.05, 4.69) is 22.4 Å². The van der Waals surface area contributed by atoms with E-state index in [-0.39, 0.29) is 5.97 Å². The molecular formula is C18H18N2O2. The minimum Gasteiger partial charge on any atom is -0.424 e. The lowest BCUT2D eigenvalue weighted by Crippen LogP contribution is -2.17. The Labute approximate surface area is 129 Å². The van der Waals surface area contributed by atoms with Gasteiger partial charge in [-0.3, -0.25) is 0 Å². The Morgan fingerprint density at radius 2 is 1.95 bits per heavy atom. The Bertz CT molecular complexity index is 699. The van der Waals surface area contributed by atoms with E-state index in [1.54, 1.807) is 6.08 Å². The first-order valence-electron chi connectivity index (χ1n) is 7.34. The van der Waals surface area contributed by atoms with Gasteiger partial charge in [0.25, 0.3) is 0 Å². The molecule has 22 heavy (non-hydrogen) atoms. The van der Waals surface area contributed by atoms with E-state index < -0.39 is 0 Å². The number of hydrogen-bond donors (Lipinski definition) is 2. The van der Waals surface area contributed by atoms with Gasteiger partial charge < -0.3 is 15.0 Å². The number of carbonyl (C=O) groups excluding carboxylic acids is 1. The van der Waals surface area contributed by atoms with E-state index in [4.69, 9.17) is 4.74 Å². The Hall–Kier alpha value is -2.75. The summed E-state index contributed by atoms with van der Waals surface area (Å²) in [6.07, 6.45) is 9.12. The summed E-state index contributed by atoms with van der Waals surface area (Å²) in [6.45, 7) is 0.532. The number of aromatic amines is 1. The van der Waals surface area contributed by atoms with E-state index in [9.17, 15) is 4.79 Å². The maximum absolute atomic E-state index is 12.1. The topological polar surface area (TPSA) is 54.1 Å². The molecule has 0 spiro atoms. The molecule has 1 aliphatic heterocycles. The third-order valence-corrected chi connectivity index (χ3v) is 3.50. The maximum Gasteiger partial charge on any atom is 0.359 e. The molecule has 3 rings (SSSR count). The molecule has 0 atom stereocenters. The van der Waals surface area contributed by atoms with Crippen LogP contribution in [0, 0.1) is 0 Å². The van der Waals surface area contributed by atoms with Crippen molar-refractivity contribution < 1.29 is 9.53 Å². The maximum atomic E-state index is 12.1. The second-order valence-electron chi connectivity index (χ2n) is 5.17. The average molecular weight is 294 g/mol. The monoisotopic (exact) mass is 294 g/mol. The lowest BCUT2D eigenvalue weighted by Gasteiger charge is -2.10.